The molecular formula is C15H15N3O5. The van der Waals surface area contributed by atoms with E-state index in [1.54, 1.807) is 12.3 Å². The van der Waals surface area contributed by atoms with Crippen LogP contribution in [0.5, 0.6) is 0 Å². The third-order valence-electron chi connectivity index (χ3n) is 4.31. The summed E-state index contributed by atoms with van der Waals surface area (Å²) < 4.78 is 0. The number of nitro benzene ring substituents is 1. The number of carbonyl (C=O) groups excluding carboxylic acids is 1. The fraction of sp³-hybridized carbons (Fsp3) is 0.333. The molecule has 1 heterocycles. The van der Waals surface area contributed by atoms with Crippen molar-refractivity contribution in [2.75, 3.05) is 0 Å². The fourth-order valence-electron chi connectivity index (χ4n) is 2.83. The lowest BCUT2D eigenvalue weighted by Crippen LogP contribution is -2.59. The molecule has 0 radical (unpaired) electrons. The van der Waals surface area contributed by atoms with Gasteiger partial charge in [-0.25, -0.2) is 4.79 Å². The van der Waals surface area contributed by atoms with Crippen molar-refractivity contribution in [2.45, 2.75) is 31.2 Å². The van der Waals surface area contributed by atoms with Gasteiger partial charge in [-0.05, 0) is 30.9 Å². The van der Waals surface area contributed by atoms with Gasteiger partial charge in [-0.15, -0.1) is 0 Å². The Hall–Kier alpha value is -2.90. The van der Waals surface area contributed by atoms with Gasteiger partial charge in [-0.1, -0.05) is 0 Å². The van der Waals surface area contributed by atoms with Crippen molar-refractivity contribution < 1.29 is 19.6 Å². The van der Waals surface area contributed by atoms with Crippen LogP contribution in [0.2, 0.25) is 0 Å². The summed E-state index contributed by atoms with van der Waals surface area (Å²) in [5.74, 6) is -1.42. The molecule has 8 heteroatoms. The summed E-state index contributed by atoms with van der Waals surface area (Å²) in [6, 6.07) is 4.38. The van der Waals surface area contributed by atoms with Gasteiger partial charge in [0.15, 0.2) is 0 Å². The van der Waals surface area contributed by atoms with E-state index >= 15 is 0 Å². The van der Waals surface area contributed by atoms with Crippen LogP contribution in [0.3, 0.4) is 0 Å². The average Bonchev–Trinajstić information content (AvgIpc) is 2.84. The highest BCUT2D eigenvalue weighted by atomic mass is 16.6. The van der Waals surface area contributed by atoms with E-state index in [0.717, 1.165) is 6.42 Å². The van der Waals surface area contributed by atoms with Gasteiger partial charge in [0.1, 0.15) is 5.54 Å². The molecule has 8 nitrogen and oxygen atoms in total. The second-order valence-corrected chi connectivity index (χ2v) is 5.77. The number of carboxylic acid groups (broad SMARTS) is 1. The number of hydrogen-bond acceptors (Lipinski definition) is 4. The van der Waals surface area contributed by atoms with Crippen LogP contribution in [0.4, 0.5) is 5.69 Å². The Morgan fingerprint density at radius 1 is 1.39 bits per heavy atom. The number of fused-ring (bicyclic) bond motifs is 1. The molecule has 1 amide bonds. The number of nitrogens with zero attached hydrogens (tertiary/aromatic N) is 1. The van der Waals surface area contributed by atoms with Crippen LogP contribution in [-0.2, 0) is 16.0 Å². The second-order valence-electron chi connectivity index (χ2n) is 5.77. The molecule has 3 N–H and O–H groups in total. The Morgan fingerprint density at radius 2 is 2.13 bits per heavy atom. The Labute approximate surface area is 130 Å². The van der Waals surface area contributed by atoms with Crippen molar-refractivity contribution in [1.82, 2.24) is 10.3 Å². The lowest BCUT2D eigenvalue weighted by atomic mass is 9.76. The average molecular weight is 317 g/mol. The Bertz CT molecular complexity index is 807. The van der Waals surface area contributed by atoms with Gasteiger partial charge in [-0.2, -0.15) is 0 Å². The standard InChI is InChI=1S/C15H15N3O5/c19-13(17-15(14(20)21)4-1-5-15)6-9-8-16-12-3-2-10(18(22)23)7-11(9)12/h2-3,7-8,16H,1,4-6H2,(H,17,19)(H,20,21). The first-order valence-electron chi connectivity index (χ1n) is 7.20. The smallest absolute Gasteiger partial charge is 0.329 e. The van der Waals surface area contributed by atoms with Gasteiger partial charge >= 0.3 is 5.97 Å². The molecule has 23 heavy (non-hydrogen) atoms. The van der Waals surface area contributed by atoms with Crippen LogP contribution in [0.15, 0.2) is 24.4 Å². The van der Waals surface area contributed by atoms with E-state index in [0.29, 0.717) is 29.3 Å². The summed E-state index contributed by atoms with van der Waals surface area (Å²) in [6.45, 7) is 0. The summed E-state index contributed by atoms with van der Waals surface area (Å²) in [7, 11) is 0. The number of H-pyrrole nitrogens is 1. The zero-order chi connectivity index (χ0) is 16.6. The molecule has 1 aliphatic rings. The SMILES string of the molecule is O=C(Cc1c[nH]c2ccc([N+](=O)[O-])cc12)NC1(C(=O)O)CCC1. The number of aliphatic carboxylic acids is 1. The molecule has 1 fully saturated rings. The molecule has 0 saturated heterocycles. The first-order valence-corrected chi connectivity index (χ1v) is 7.20. The third kappa shape index (κ3) is 2.63. The number of hydrogen-bond donors (Lipinski definition) is 3. The molecular weight excluding hydrogens is 302 g/mol. The van der Waals surface area contributed by atoms with Crippen LogP contribution >= 0.6 is 0 Å². The minimum Gasteiger partial charge on any atom is -0.480 e. The van der Waals surface area contributed by atoms with E-state index in [4.69, 9.17) is 0 Å². The number of amides is 1. The van der Waals surface area contributed by atoms with Crippen molar-refractivity contribution in [2.24, 2.45) is 0 Å². The van der Waals surface area contributed by atoms with Crippen LogP contribution < -0.4 is 5.32 Å². The van der Waals surface area contributed by atoms with Gasteiger partial charge in [0.25, 0.3) is 5.69 Å². The first-order chi connectivity index (χ1) is 10.9. The van der Waals surface area contributed by atoms with Crippen LogP contribution in [0.25, 0.3) is 10.9 Å². The maximum absolute atomic E-state index is 12.2. The molecule has 1 aromatic heterocycles. The lowest BCUT2D eigenvalue weighted by Gasteiger charge is -2.38. The lowest BCUT2D eigenvalue weighted by molar-refractivity contribution is -0.384. The largest absolute Gasteiger partial charge is 0.480 e. The monoisotopic (exact) mass is 317 g/mol. The number of carboxylic acids is 1. The van der Waals surface area contributed by atoms with Gasteiger partial charge in [0.05, 0.1) is 11.3 Å². The number of carbonyl (C=O) groups is 2. The summed E-state index contributed by atoms with van der Waals surface area (Å²) in [5, 5.41) is 23.3. The van der Waals surface area contributed by atoms with E-state index < -0.39 is 22.3 Å². The molecule has 0 aliphatic heterocycles. The van der Waals surface area contributed by atoms with Gasteiger partial charge in [0.2, 0.25) is 5.91 Å². The molecule has 0 bridgehead atoms. The fourth-order valence-corrected chi connectivity index (χ4v) is 2.83. The summed E-state index contributed by atoms with van der Waals surface area (Å²) in [4.78, 5) is 36.8. The predicted molar refractivity (Wildman–Crippen MR) is 81.0 cm³/mol. The minimum atomic E-state index is -1.16. The minimum absolute atomic E-state index is 0.0315. The summed E-state index contributed by atoms with van der Waals surface area (Å²) in [5.41, 5.74) is 0.0747. The number of aromatic nitrogens is 1. The molecule has 120 valence electrons. The predicted octanol–water partition coefficient (Wildman–Crippen LogP) is 1.74. The van der Waals surface area contributed by atoms with E-state index in [1.807, 2.05) is 0 Å². The van der Waals surface area contributed by atoms with Crippen molar-refractivity contribution in [1.29, 1.82) is 0 Å². The molecule has 0 atom stereocenters. The summed E-state index contributed by atoms with van der Waals surface area (Å²) >= 11 is 0. The maximum atomic E-state index is 12.2. The van der Waals surface area contributed by atoms with Crippen molar-refractivity contribution >= 4 is 28.5 Å². The quantitative estimate of drug-likeness (QED) is 0.572. The highest BCUT2D eigenvalue weighted by molar-refractivity contribution is 5.93. The van der Waals surface area contributed by atoms with Crippen molar-refractivity contribution in [3.63, 3.8) is 0 Å². The molecule has 1 saturated carbocycles. The zero-order valence-corrected chi connectivity index (χ0v) is 12.2. The number of benzene rings is 1. The molecule has 0 spiro atoms. The second kappa shape index (κ2) is 5.38. The zero-order valence-electron chi connectivity index (χ0n) is 12.2. The molecule has 1 aliphatic carbocycles. The Kier molecular flexibility index (Phi) is 3.51. The van der Waals surface area contributed by atoms with Crippen LogP contribution in [-0.4, -0.2) is 32.4 Å². The summed E-state index contributed by atoms with van der Waals surface area (Å²) in [6.07, 6.45) is 3.20. The molecule has 0 unspecified atom stereocenters. The van der Waals surface area contributed by atoms with Crippen LogP contribution in [0, 0.1) is 10.1 Å². The number of nitrogens with one attached hydrogen (secondary N) is 2. The molecule has 2 aromatic rings. The Balaban J connectivity index is 1.81. The Morgan fingerprint density at radius 3 is 2.70 bits per heavy atom. The van der Waals surface area contributed by atoms with E-state index in [1.165, 1.54) is 12.1 Å². The van der Waals surface area contributed by atoms with E-state index in [9.17, 15) is 24.8 Å². The topological polar surface area (TPSA) is 125 Å². The first kappa shape index (κ1) is 15.0. The number of nitro groups is 1. The van der Waals surface area contributed by atoms with Gasteiger partial charge in [0, 0.05) is 29.2 Å². The van der Waals surface area contributed by atoms with E-state index in [2.05, 4.69) is 10.3 Å². The normalized spacial score (nSPS) is 15.8. The highest BCUT2D eigenvalue weighted by Gasteiger charge is 2.45. The number of rotatable bonds is 5. The van der Waals surface area contributed by atoms with E-state index in [-0.39, 0.29) is 12.1 Å². The highest BCUT2D eigenvalue weighted by Crippen LogP contribution is 2.32. The van der Waals surface area contributed by atoms with Crippen molar-refractivity contribution in [3.05, 3.63) is 40.1 Å². The van der Waals surface area contributed by atoms with Gasteiger partial charge < -0.3 is 15.4 Å². The third-order valence-corrected chi connectivity index (χ3v) is 4.31. The molecule has 1 aromatic carbocycles. The van der Waals surface area contributed by atoms with Crippen molar-refractivity contribution in [3.8, 4) is 0 Å². The van der Waals surface area contributed by atoms with Crippen LogP contribution in [0.1, 0.15) is 24.8 Å². The molecule has 3 rings (SSSR count). The number of non-ortho nitro benzene ring substituents is 1. The number of aromatic amines is 1. The maximum Gasteiger partial charge on any atom is 0.329 e. The van der Waals surface area contributed by atoms with Gasteiger partial charge in [-0.3, -0.25) is 14.9 Å².